The predicted molar refractivity (Wildman–Crippen MR) is 82.5 cm³/mol. The molecule has 4 nitrogen and oxygen atoms in total. The number of benzene rings is 2. The van der Waals surface area contributed by atoms with E-state index in [1.54, 1.807) is 0 Å². The lowest BCUT2D eigenvalue weighted by atomic mass is 10.1. The van der Waals surface area contributed by atoms with E-state index in [-0.39, 0.29) is 17.4 Å². The summed E-state index contributed by atoms with van der Waals surface area (Å²) in [6, 6.07) is 13.0. The van der Waals surface area contributed by atoms with Gasteiger partial charge in [-0.05, 0) is 43.3 Å². The standard InChI is InChI=1S/C17H14FN3O/c1-11-2-8-14(9-3-11)21-17(19)15(10-20-21)16(22)12-4-6-13(18)7-5-12/h2-10H,19H2,1H3. The summed E-state index contributed by atoms with van der Waals surface area (Å²) < 4.78 is 14.4. The molecule has 0 spiro atoms. The average molecular weight is 295 g/mol. The highest BCUT2D eigenvalue weighted by atomic mass is 19.1. The van der Waals surface area contributed by atoms with Gasteiger partial charge in [-0.15, -0.1) is 0 Å². The molecule has 1 heterocycles. The van der Waals surface area contributed by atoms with Crippen LogP contribution in [-0.4, -0.2) is 15.6 Å². The Balaban J connectivity index is 1.98. The molecule has 2 aromatic carbocycles. The van der Waals surface area contributed by atoms with Crippen LogP contribution >= 0.6 is 0 Å². The Bertz CT molecular complexity index is 820. The maximum absolute atomic E-state index is 12.9. The molecule has 0 saturated carbocycles. The second-order valence-corrected chi connectivity index (χ2v) is 5.03. The van der Waals surface area contributed by atoms with Gasteiger partial charge in [-0.3, -0.25) is 4.79 Å². The molecule has 0 atom stereocenters. The molecule has 1 aromatic heterocycles. The molecule has 0 amide bonds. The molecular weight excluding hydrogens is 281 g/mol. The number of halogens is 1. The van der Waals surface area contributed by atoms with Gasteiger partial charge in [0, 0.05) is 5.56 Å². The summed E-state index contributed by atoms with van der Waals surface area (Å²) in [6.07, 6.45) is 1.43. The van der Waals surface area contributed by atoms with Gasteiger partial charge in [0.05, 0.1) is 17.4 Å². The molecule has 0 aliphatic rings. The third-order valence-electron chi connectivity index (χ3n) is 3.44. The Morgan fingerprint density at radius 3 is 2.36 bits per heavy atom. The lowest BCUT2D eigenvalue weighted by molar-refractivity contribution is 0.103. The van der Waals surface area contributed by atoms with Gasteiger partial charge in [0.25, 0.3) is 0 Å². The van der Waals surface area contributed by atoms with Crippen LogP contribution in [-0.2, 0) is 0 Å². The fourth-order valence-electron chi connectivity index (χ4n) is 2.18. The van der Waals surface area contributed by atoms with Gasteiger partial charge in [0.15, 0.2) is 5.78 Å². The normalized spacial score (nSPS) is 10.6. The van der Waals surface area contributed by atoms with Gasteiger partial charge in [-0.2, -0.15) is 5.10 Å². The molecule has 0 aliphatic carbocycles. The maximum atomic E-state index is 12.9. The number of hydrogen-bond donors (Lipinski definition) is 1. The molecule has 5 heteroatoms. The first-order valence-corrected chi connectivity index (χ1v) is 6.77. The maximum Gasteiger partial charge on any atom is 0.198 e. The van der Waals surface area contributed by atoms with Crippen molar-refractivity contribution in [2.24, 2.45) is 0 Å². The fourth-order valence-corrected chi connectivity index (χ4v) is 2.18. The largest absolute Gasteiger partial charge is 0.383 e. The first-order valence-electron chi connectivity index (χ1n) is 6.77. The van der Waals surface area contributed by atoms with E-state index in [4.69, 9.17) is 5.73 Å². The van der Waals surface area contributed by atoms with Crippen molar-refractivity contribution in [3.63, 3.8) is 0 Å². The average Bonchev–Trinajstić information content (AvgIpc) is 2.90. The lowest BCUT2D eigenvalue weighted by Gasteiger charge is -2.05. The number of ketones is 1. The molecule has 0 unspecified atom stereocenters. The fraction of sp³-hybridized carbons (Fsp3) is 0.0588. The van der Waals surface area contributed by atoms with Crippen LogP contribution in [0.4, 0.5) is 10.2 Å². The third kappa shape index (κ3) is 2.48. The smallest absolute Gasteiger partial charge is 0.198 e. The van der Waals surface area contributed by atoms with E-state index in [1.807, 2.05) is 31.2 Å². The molecule has 0 saturated heterocycles. The van der Waals surface area contributed by atoms with Gasteiger partial charge in [-0.1, -0.05) is 17.7 Å². The van der Waals surface area contributed by atoms with Crippen molar-refractivity contribution in [2.75, 3.05) is 5.73 Å². The lowest BCUT2D eigenvalue weighted by Crippen LogP contribution is -2.07. The molecule has 2 N–H and O–H groups in total. The minimum absolute atomic E-state index is 0.262. The van der Waals surface area contributed by atoms with E-state index in [0.717, 1.165) is 11.3 Å². The summed E-state index contributed by atoms with van der Waals surface area (Å²) in [6.45, 7) is 1.99. The summed E-state index contributed by atoms with van der Waals surface area (Å²) in [5, 5.41) is 4.18. The van der Waals surface area contributed by atoms with E-state index < -0.39 is 0 Å². The number of carbonyl (C=O) groups is 1. The second-order valence-electron chi connectivity index (χ2n) is 5.03. The quantitative estimate of drug-likeness (QED) is 0.755. The van der Waals surface area contributed by atoms with Crippen LogP contribution in [0.5, 0.6) is 0 Å². The Hall–Kier alpha value is -2.95. The second kappa shape index (κ2) is 5.44. The third-order valence-corrected chi connectivity index (χ3v) is 3.44. The molecule has 3 aromatic rings. The number of aromatic nitrogens is 2. The van der Waals surface area contributed by atoms with Crippen LogP contribution in [0.2, 0.25) is 0 Å². The summed E-state index contributed by atoms with van der Waals surface area (Å²) >= 11 is 0. The highest BCUT2D eigenvalue weighted by Gasteiger charge is 2.17. The topological polar surface area (TPSA) is 60.9 Å². The molecule has 3 rings (SSSR count). The molecule has 0 bridgehead atoms. The highest BCUT2D eigenvalue weighted by Crippen LogP contribution is 2.20. The SMILES string of the molecule is Cc1ccc(-n2ncc(C(=O)c3ccc(F)cc3)c2N)cc1. The molecule has 0 radical (unpaired) electrons. The van der Waals surface area contributed by atoms with Crippen molar-refractivity contribution in [1.29, 1.82) is 0 Å². The van der Waals surface area contributed by atoms with E-state index in [0.29, 0.717) is 11.1 Å². The zero-order chi connectivity index (χ0) is 15.7. The van der Waals surface area contributed by atoms with Crippen molar-refractivity contribution in [3.8, 4) is 5.69 Å². The summed E-state index contributed by atoms with van der Waals surface area (Å²) in [7, 11) is 0. The van der Waals surface area contributed by atoms with Gasteiger partial charge in [0.2, 0.25) is 0 Å². The first kappa shape index (κ1) is 14.0. The Labute approximate surface area is 127 Å². The van der Waals surface area contributed by atoms with Crippen LogP contribution in [0.25, 0.3) is 5.69 Å². The van der Waals surface area contributed by atoms with Crippen LogP contribution in [0, 0.1) is 12.7 Å². The van der Waals surface area contributed by atoms with Crippen LogP contribution in [0.15, 0.2) is 54.7 Å². The Kier molecular flexibility index (Phi) is 3.47. The van der Waals surface area contributed by atoms with Crippen LogP contribution < -0.4 is 5.73 Å². The monoisotopic (exact) mass is 295 g/mol. The highest BCUT2D eigenvalue weighted by molar-refractivity contribution is 6.11. The van der Waals surface area contributed by atoms with E-state index in [2.05, 4.69) is 5.10 Å². The zero-order valence-electron chi connectivity index (χ0n) is 12.0. The number of anilines is 1. The van der Waals surface area contributed by atoms with Crippen molar-refractivity contribution in [1.82, 2.24) is 9.78 Å². The minimum atomic E-state index is -0.389. The van der Waals surface area contributed by atoms with Crippen LogP contribution in [0.3, 0.4) is 0 Å². The van der Waals surface area contributed by atoms with Crippen molar-refractivity contribution in [2.45, 2.75) is 6.92 Å². The number of aryl methyl sites for hydroxylation is 1. The number of rotatable bonds is 3. The Morgan fingerprint density at radius 1 is 1.09 bits per heavy atom. The van der Waals surface area contributed by atoms with Gasteiger partial charge < -0.3 is 5.73 Å². The van der Waals surface area contributed by atoms with Gasteiger partial charge in [0.1, 0.15) is 11.6 Å². The molecular formula is C17H14FN3O. The minimum Gasteiger partial charge on any atom is -0.383 e. The zero-order valence-corrected chi connectivity index (χ0v) is 12.0. The predicted octanol–water partition coefficient (Wildman–Crippen LogP) is 3.13. The summed E-state index contributed by atoms with van der Waals surface area (Å²) in [4.78, 5) is 12.4. The van der Waals surface area contributed by atoms with Gasteiger partial charge in [-0.25, -0.2) is 9.07 Å². The van der Waals surface area contributed by atoms with E-state index in [9.17, 15) is 9.18 Å². The van der Waals surface area contributed by atoms with Crippen molar-refractivity contribution >= 4 is 11.6 Å². The number of hydrogen-bond acceptors (Lipinski definition) is 3. The Morgan fingerprint density at radius 2 is 1.73 bits per heavy atom. The number of nitrogens with two attached hydrogens (primary N) is 1. The summed E-state index contributed by atoms with van der Waals surface area (Å²) in [5.74, 6) is -0.408. The molecule has 0 fully saturated rings. The van der Waals surface area contributed by atoms with Crippen molar-refractivity contribution < 1.29 is 9.18 Å². The van der Waals surface area contributed by atoms with E-state index in [1.165, 1.54) is 35.1 Å². The summed E-state index contributed by atoms with van der Waals surface area (Å²) in [5.41, 5.74) is 8.62. The number of nitrogen functional groups attached to an aromatic ring is 1. The molecule has 22 heavy (non-hydrogen) atoms. The molecule has 0 aliphatic heterocycles. The van der Waals surface area contributed by atoms with Crippen molar-refractivity contribution in [3.05, 3.63) is 77.2 Å². The van der Waals surface area contributed by atoms with Crippen LogP contribution in [0.1, 0.15) is 21.5 Å². The number of nitrogens with zero attached hydrogens (tertiary/aromatic N) is 2. The first-order chi connectivity index (χ1) is 10.6. The van der Waals surface area contributed by atoms with E-state index >= 15 is 0 Å². The molecule has 110 valence electrons. The number of carbonyl (C=O) groups excluding carboxylic acids is 1. The van der Waals surface area contributed by atoms with Gasteiger partial charge >= 0.3 is 0 Å².